The number of amides is 1. The third kappa shape index (κ3) is 5.36. The van der Waals surface area contributed by atoms with Crippen molar-refractivity contribution in [1.29, 1.82) is 0 Å². The van der Waals surface area contributed by atoms with E-state index < -0.39 is 41.2 Å². The van der Waals surface area contributed by atoms with Gasteiger partial charge in [-0.1, -0.05) is 18.2 Å². The first-order chi connectivity index (χ1) is 10.5. The van der Waals surface area contributed by atoms with Gasteiger partial charge in [0.05, 0.1) is 0 Å². The Labute approximate surface area is 133 Å². The number of carboxylic acids is 1. The van der Waals surface area contributed by atoms with Crippen LogP contribution >= 0.6 is 0 Å². The van der Waals surface area contributed by atoms with E-state index in [0.717, 1.165) is 6.07 Å². The van der Waals surface area contributed by atoms with Crippen LogP contribution in [0.4, 0.5) is 9.18 Å². The highest BCUT2D eigenvalue weighted by Gasteiger charge is 2.33. The van der Waals surface area contributed by atoms with Gasteiger partial charge in [0.2, 0.25) is 0 Å². The topological polar surface area (TPSA) is 92.7 Å². The third-order valence-corrected chi connectivity index (χ3v) is 2.96. The molecule has 0 spiro atoms. The van der Waals surface area contributed by atoms with Gasteiger partial charge >= 0.3 is 12.1 Å². The van der Waals surface area contributed by atoms with Crippen LogP contribution in [-0.2, 0) is 14.3 Å². The fourth-order valence-electron chi connectivity index (χ4n) is 1.81. The Morgan fingerprint density at radius 2 is 1.78 bits per heavy atom. The summed E-state index contributed by atoms with van der Waals surface area (Å²) in [4.78, 5) is 35.2. The van der Waals surface area contributed by atoms with Crippen LogP contribution in [0.5, 0.6) is 0 Å². The van der Waals surface area contributed by atoms with Gasteiger partial charge in [-0.25, -0.2) is 9.18 Å². The number of benzene rings is 1. The molecule has 0 bridgehead atoms. The van der Waals surface area contributed by atoms with Crippen molar-refractivity contribution in [3.63, 3.8) is 0 Å². The van der Waals surface area contributed by atoms with Gasteiger partial charge in [0.25, 0.3) is 0 Å². The molecule has 0 radical (unpaired) electrons. The molecule has 2 N–H and O–H groups in total. The summed E-state index contributed by atoms with van der Waals surface area (Å²) in [7, 11) is 0. The van der Waals surface area contributed by atoms with Gasteiger partial charge in [0.15, 0.2) is 5.78 Å². The van der Waals surface area contributed by atoms with Crippen molar-refractivity contribution in [3.05, 3.63) is 35.6 Å². The highest BCUT2D eigenvalue weighted by Crippen LogP contribution is 2.22. The minimum Gasteiger partial charge on any atom is -0.481 e. The summed E-state index contributed by atoms with van der Waals surface area (Å²) in [6, 6.07) is 3.90. The molecule has 0 aliphatic heterocycles. The second kappa shape index (κ2) is 7.21. The predicted molar refractivity (Wildman–Crippen MR) is 80.3 cm³/mol. The molecule has 0 fully saturated rings. The standard InChI is InChI=1S/C16H20FNO5/c1-9(14(20)21)13(19)12(10-7-5-6-8-11(10)17)18-15(22)23-16(2,3)4/h5-9,12H,1-4H3,(H,18,22)(H,20,21). The second-order valence-electron chi connectivity index (χ2n) is 6.06. The quantitative estimate of drug-likeness (QED) is 0.812. The van der Waals surface area contributed by atoms with Gasteiger partial charge in [-0.3, -0.25) is 9.59 Å². The molecule has 0 saturated carbocycles. The Kier molecular flexibility index (Phi) is 5.84. The van der Waals surface area contributed by atoms with Crippen molar-refractivity contribution in [2.75, 3.05) is 0 Å². The fourth-order valence-corrected chi connectivity index (χ4v) is 1.81. The molecule has 1 amide bonds. The zero-order valence-corrected chi connectivity index (χ0v) is 13.4. The summed E-state index contributed by atoms with van der Waals surface area (Å²) >= 11 is 0. The molecule has 2 unspecified atom stereocenters. The minimum atomic E-state index is -1.45. The van der Waals surface area contributed by atoms with Crippen LogP contribution in [-0.4, -0.2) is 28.6 Å². The number of aliphatic carboxylic acids is 1. The van der Waals surface area contributed by atoms with E-state index in [4.69, 9.17) is 9.84 Å². The van der Waals surface area contributed by atoms with Crippen LogP contribution in [0.15, 0.2) is 24.3 Å². The Morgan fingerprint density at radius 3 is 2.26 bits per heavy atom. The van der Waals surface area contributed by atoms with Gasteiger partial charge in [-0.15, -0.1) is 0 Å². The highest BCUT2D eigenvalue weighted by molar-refractivity contribution is 6.02. The van der Waals surface area contributed by atoms with Gasteiger partial charge in [-0.2, -0.15) is 0 Å². The molecular formula is C16H20FNO5. The predicted octanol–water partition coefficient (Wildman–Crippen LogP) is 2.68. The summed E-state index contributed by atoms with van der Waals surface area (Å²) in [5.74, 6) is -4.33. The lowest BCUT2D eigenvalue weighted by molar-refractivity contribution is -0.146. The first-order valence-corrected chi connectivity index (χ1v) is 7.03. The number of ether oxygens (including phenoxy) is 1. The molecular weight excluding hydrogens is 305 g/mol. The van der Waals surface area contributed by atoms with Gasteiger partial charge in [-0.05, 0) is 33.8 Å². The molecule has 2 atom stereocenters. The number of ketones is 1. The third-order valence-electron chi connectivity index (χ3n) is 2.96. The first kappa shape index (κ1) is 18.6. The van der Waals surface area contributed by atoms with Crippen molar-refractivity contribution >= 4 is 17.8 Å². The van der Waals surface area contributed by atoms with E-state index in [1.807, 2.05) is 0 Å². The van der Waals surface area contributed by atoms with Crippen molar-refractivity contribution in [1.82, 2.24) is 5.32 Å². The zero-order valence-electron chi connectivity index (χ0n) is 13.4. The summed E-state index contributed by atoms with van der Waals surface area (Å²) in [5.41, 5.74) is -0.929. The Hall–Kier alpha value is -2.44. The fraction of sp³-hybridized carbons (Fsp3) is 0.438. The minimum absolute atomic E-state index is 0.114. The van der Waals surface area contributed by atoms with Crippen LogP contribution in [0.1, 0.15) is 39.3 Å². The van der Waals surface area contributed by atoms with Gasteiger partial charge in [0.1, 0.15) is 23.4 Å². The smallest absolute Gasteiger partial charge is 0.408 e. The zero-order chi connectivity index (χ0) is 17.8. The number of carbonyl (C=O) groups is 3. The average molecular weight is 325 g/mol. The largest absolute Gasteiger partial charge is 0.481 e. The lowest BCUT2D eigenvalue weighted by Gasteiger charge is -2.24. The molecule has 0 saturated heterocycles. The normalized spacial score (nSPS) is 13.8. The van der Waals surface area contributed by atoms with E-state index in [-0.39, 0.29) is 5.56 Å². The first-order valence-electron chi connectivity index (χ1n) is 7.03. The molecule has 1 rings (SSSR count). The SMILES string of the molecule is CC(C(=O)O)C(=O)C(NC(=O)OC(C)(C)C)c1ccccc1F. The van der Waals surface area contributed by atoms with E-state index in [9.17, 15) is 18.8 Å². The molecule has 0 aliphatic rings. The van der Waals surface area contributed by atoms with E-state index >= 15 is 0 Å². The number of Topliss-reactive ketones (excluding diaryl/α,β-unsaturated/α-hetero) is 1. The Balaban J connectivity index is 3.12. The lowest BCUT2D eigenvalue weighted by atomic mass is 9.94. The lowest BCUT2D eigenvalue weighted by Crippen LogP contribution is -2.41. The number of hydrogen-bond donors (Lipinski definition) is 2. The van der Waals surface area contributed by atoms with Crippen molar-refractivity contribution in [2.45, 2.75) is 39.3 Å². The number of rotatable bonds is 5. The molecule has 0 aromatic heterocycles. The van der Waals surface area contributed by atoms with Gasteiger partial charge in [0, 0.05) is 5.56 Å². The van der Waals surface area contributed by atoms with Gasteiger partial charge < -0.3 is 15.2 Å². The maximum absolute atomic E-state index is 14.0. The number of carbonyl (C=O) groups excluding carboxylic acids is 2. The van der Waals surface area contributed by atoms with Crippen molar-refractivity contribution in [2.24, 2.45) is 5.92 Å². The molecule has 7 heteroatoms. The summed E-state index contributed by atoms with van der Waals surface area (Å²) in [6.45, 7) is 6.07. The molecule has 6 nitrogen and oxygen atoms in total. The van der Waals surface area contributed by atoms with Crippen LogP contribution in [0.3, 0.4) is 0 Å². The van der Waals surface area contributed by atoms with Crippen LogP contribution in [0.25, 0.3) is 0 Å². The molecule has 1 aromatic carbocycles. The Morgan fingerprint density at radius 1 is 1.22 bits per heavy atom. The average Bonchev–Trinajstić information content (AvgIpc) is 2.42. The molecule has 0 heterocycles. The van der Waals surface area contributed by atoms with Crippen molar-refractivity contribution in [3.8, 4) is 0 Å². The number of halogens is 1. The maximum atomic E-state index is 14.0. The Bertz CT molecular complexity index is 609. The summed E-state index contributed by atoms with van der Waals surface area (Å²) in [6.07, 6.45) is -0.934. The molecule has 126 valence electrons. The summed E-state index contributed by atoms with van der Waals surface area (Å²) < 4.78 is 19.0. The van der Waals surface area contributed by atoms with Crippen molar-refractivity contribution < 1.29 is 28.6 Å². The number of alkyl carbamates (subject to hydrolysis) is 1. The molecule has 23 heavy (non-hydrogen) atoms. The van der Waals surface area contributed by atoms with E-state index in [1.165, 1.54) is 25.1 Å². The maximum Gasteiger partial charge on any atom is 0.408 e. The molecule has 0 aliphatic carbocycles. The van der Waals surface area contributed by atoms with E-state index in [0.29, 0.717) is 0 Å². The van der Waals surface area contributed by atoms with Crippen LogP contribution < -0.4 is 5.32 Å². The highest BCUT2D eigenvalue weighted by atomic mass is 19.1. The number of carboxylic acid groups (broad SMARTS) is 1. The van der Waals surface area contributed by atoms with Crippen LogP contribution in [0, 0.1) is 11.7 Å². The monoisotopic (exact) mass is 325 g/mol. The molecule has 1 aromatic rings. The second-order valence-corrected chi connectivity index (χ2v) is 6.06. The van der Waals surface area contributed by atoms with E-state index in [1.54, 1.807) is 20.8 Å². The number of nitrogens with one attached hydrogen (secondary N) is 1. The summed E-state index contributed by atoms with van der Waals surface area (Å²) in [5, 5.41) is 11.2. The van der Waals surface area contributed by atoms with Crippen LogP contribution in [0.2, 0.25) is 0 Å². The number of hydrogen-bond acceptors (Lipinski definition) is 4. The van der Waals surface area contributed by atoms with E-state index in [2.05, 4.69) is 5.32 Å².